The lowest BCUT2D eigenvalue weighted by Gasteiger charge is -2.22. The van der Waals surface area contributed by atoms with Crippen LogP contribution in [0.3, 0.4) is 0 Å². The van der Waals surface area contributed by atoms with Crippen LogP contribution >= 0.6 is 23.2 Å². The molecule has 2 rings (SSSR count). The van der Waals surface area contributed by atoms with Crippen molar-refractivity contribution in [2.75, 3.05) is 0 Å². The number of hydrogen-bond acceptors (Lipinski definition) is 1. The Morgan fingerprint density at radius 1 is 1.21 bits per heavy atom. The molecular formula is C15H18Cl2O2. The Hall–Kier alpha value is -0.730. The van der Waals surface area contributed by atoms with Gasteiger partial charge in [0.2, 0.25) is 0 Å². The summed E-state index contributed by atoms with van der Waals surface area (Å²) in [7, 11) is 0. The van der Waals surface area contributed by atoms with Gasteiger partial charge in [0.15, 0.2) is 0 Å². The minimum Gasteiger partial charge on any atom is -0.481 e. The van der Waals surface area contributed by atoms with Crippen molar-refractivity contribution in [3.05, 3.63) is 33.8 Å². The summed E-state index contributed by atoms with van der Waals surface area (Å²) < 4.78 is 0. The molecule has 1 aromatic carbocycles. The number of aliphatic carboxylic acids is 1. The highest BCUT2D eigenvalue weighted by Crippen LogP contribution is 2.34. The van der Waals surface area contributed by atoms with E-state index in [0.717, 1.165) is 37.7 Å². The second-order valence-electron chi connectivity index (χ2n) is 5.26. The third-order valence-electron chi connectivity index (χ3n) is 3.99. The smallest absolute Gasteiger partial charge is 0.306 e. The van der Waals surface area contributed by atoms with E-state index < -0.39 is 5.97 Å². The van der Waals surface area contributed by atoms with E-state index >= 15 is 0 Å². The van der Waals surface area contributed by atoms with Gasteiger partial charge in [-0.25, -0.2) is 0 Å². The van der Waals surface area contributed by atoms with Gasteiger partial charge >= 0.3 is 5.97 Å². The Morgan fingerprint density at radius 3 is 2.68 bits per heavy atom. The van der Waals surface area contributed by atoms with Gasteiger partial charge in [-0.3, -0.25) is 4.79 Å². The van der Waals surface area contributed by atoms with E-state index in [-0.39, 0.29) is 11.8 Å². The molecular weight excluding hydrogens is 283 g/mol. The van der Waals surface area contributed by atoms with Crippen LogP contribution < -0.4 is 0 Å². The van der Waals surface area contributed by atoms with Gasteiger partial charge in [-0.15, -0.1) is 0 Å². The average Bonchev–Trinajstić information content (AvgIpc) is 2.60. The van der Waals surface area contributed by atoms with Crippen LogP contribution in [-0.2, 0) is 11.2 Å². The molecule has 1 N–H and O–H groups in total. The highest BCUT2D eigenvalue weighted by Gasteiger charge is 2.30. The van der Waals surface area contributed by atoms with Gasteiger partial charge in [0.1, 0.15) is 0 Å². The summed E-state index contributed by atoms with van der Waals surface area (Å²) in [6.45, 7) is 0. The van der Waals surface area contributed by atoms with Gasteiger partial charge in [-0.05, 0) is 36.8 Å². The summed E-state index contributed by atoms with van der Waals surface area (Å²) in [5.74, 6) is -0.765. The molecule has 2 nitrogen and oxygen atoms in total. The first-order valence-electron chi connectivity index (χ1n) is 6.75. The van der Waals surface area contributed by atoms with Crippen molar-refractivity contribution in [1.29, 1.82) is 0 Å². The monoisotopic (exact) mass is 300 g/mol. The van der Waals surface area contributed by atoms with Gasteiger partial charge in [0, 0.05) is 0 Å². The first-order chi connectivity index (χ1) is 9.09. The molecule has 2 atom stereocenters. The van der Waals surface area contributed by atoms with Crippen LogP contribution in [0.5, 0.6) is 0 Å². The van der Waals surface area contributed by atoms with E-state index in [9.17, 15) is 9.90 Å². The van der Waals surface area contributed by atoms with E-state index in [0.29, 0.717) is 16.5 Å². The second-order valence-corrected chi connectivity index (χ2v) is 6.05. The van der Waals surface area contributed by atoms with Crippen LogP contribution in [0.1, 0.15) is 37.7 Å². The van der Waals surface area contributed by atoms with Crippen molar-refractivity contribution < 1.29 is 9.90 Å². The summed E-state index contributed by atoms with van der Waals surface area (Å²) in [6.07, 6.45) is 5.68. The van der Waals surface area contributed by atoms with Crippen molar-refractivity contribution >= 4 is 29.2 Å². The van der Waals surface area contributed by atoms with Crippen LogP contribution in [0.2, 0.25) is 10.0 Å². The lowest BCUT2D eigenvalue weighted by atomic mass is 9.83. The summed E-state index contributed by atoms with van der Waals surface area (Å²) in [6, 6.07) is 5.57. The lowest BCUT2D eigenvalue weighted by molar-refractivity contribution is -0.143. The van der Waals surface area contributed by atoms with E-state index in [2.05, 4.69) is 0 Å². The van der Waals surface area contributed by atoms with Gasteiger partial charge in [-0.1, -0.05) is 54.6 Å². The third kappa shape index (κ3) is 3.64. The number of halogens is 2. The fraction of sp³-hybridized carbons (Fsp3) is 0.533. The maximum absolute atomic E-state index is 11.4. The zero-order valence-corrected chi connectivity index (χ0v) is 12.3. The fourth-order valence-electron chi connectivity index (χ4n) is 2.94. The van der Waals surface area contributed by atoms with E-state index in [1.807, 2.05) is 12.1 Å². The van der Waals surface area contributed by atoms with Gasteiger partial charge in [-0.2, -0.15) is 0 Å². The highest BCUT2D eigenvalue weighted by molar-refractivity contribution is 6.42. The van der Waals surface area contributed by atoms with E-state index in [4.69, 9.17) is 23.2 Å². The molecule has 19 heavy (non-hydrogen) atoms. The van der Waals surface area contributed by atoms with Gasteiger partial charge in [0.25, 0.3) is 0 Å². The SMILES string of the molecule is O=C(O)C1CCCCCC1Cc1cccc(Cl)c1Cl. The Morgan fingerprint density at radius 2 is 1.95 bits per heavy atom. The van der Waals surface area contributed by atoms with Crippen LogP contribution in [0.4, 0.5) is 0 Å². The second kappa shape index (κ2) is 6.62. The number of rotatable bonds is 3. The number of carboxylic acid groups (broad SMARTS) is 1. The normalized spacial score (nSPS) is 23.9. The molecule has 0 aromatic heterocycles. The first kappa shape index (κ1) is 14.7. The summed E-state index contributed by atoms with van der Waals surface area (Å²) >= 11 is 12.2. The summed E-state index contributed by atoms with van der Waals surface area (Å²) in [5.41, 5.74) is 0.965. The molecule has 1 fully saturated rings. The van der Waals surface area contributed by atoms with Crippen LogP contribution in [0, 0.1) is 11.8 Å². The molecule has 0 saturated heterocycles. The molecule has 0 bridgehead atoms. The molecule has 104 valence electrons. The molecule has 1 aromatic rings. The predicted molar refractivity (Wildman–Crippen MR) is 77.9 cm³/mol. The molecule has 2 unspecified atom stereocenters. The third-order valence-corrected chi connectivity index (χ3v) is 4.85. The lowest BCUT2D eigenvalue weighted by Crippen LogP contribution is -2.24. The Bertz CT molecular complexity index is 459. The number of carboxylic acids is 1. The fourth-order valence-corrected chi connectivity index (χ4v) is 3.34. The molecule has 0 radical (unpaired) electrons. The zero-order chi connectivity index (χ0) is 13.8. The zero-order valence-electron chi connectivity index (χ0n) is 10.7. The van der Waals surface area contributed by atoms with Crippen LogP contribution in [0.25, 0.3) is 0 Å². The quantitative estimate of drug-likeness (QED) is 0.813. The molecule has 1 saturated carbocycles. The van der Waals surface area contributed by atoms with E-state index in [1.165, 1.54) is 0 Å². The molecule has 0 amide bonds. The minimum atomic E-state index is -0.676. The maximum Gasteiger partial charge on any atom is 0.306 e. The summed E-state index contributed by atoms with van der Waals surface area (Å²) in [5, 5.41) is 10.5. The number of benzene rings is 1. The molecule has 1 aliphatic rings. The van der Waals surface area contributed by atoms with Crippen LogP contribution in [0.15, 0.2) is 18.2 Å². The number of carbonyl (C=O) groups is 1. The Kier molecular flexibility index (Phi) is 5.12. The van der Waals surface area contributed by atoms with Crippen molar-refractivity contribution in [2.24, 2.45) is 11.8 Å². The molecule has 0 heterocycles. The number of hydrogen-bond donors (Lipinski definition) is 1. The Balaban J connectivity index is 2.18. The molecule has 0 spiro atoms. The average molecular weight is 301 g/mol. The standard InChI is InChI=1S/C15H18Cl2O2/c16-13-8-4-6-11(14(13)17)9-10-5-2-1-3-7-12(10)15(18)19/h4,6,8,10,12H,1-3,5,7,9H2,(H,18,19). The largest absolute Gasteiger partial charge is 0.481 e. The van der Waals surface area contributed by atoms with Gasteiger partial charge < -0.3 is 5.11 Å². The van der Waals surface area contributed by atoms with Crippen molar-refractivity contribution in [3.63, 3.8) is 0 Å². The van der Waals surface area contributed by atoms with Crippen LogP contribution in [-0.4, -0.2) is 11.1 Å². The highest BCUT2D eigenvalue weighted by atomic mass is 35.5. The van der Waals surface area contributed by atoms with Crippen molar-refractivity contribution in [1.82, 2.24) is 0 Å². The molecule has 1 aliphatic carbocycles. The minimum absolute atomic E-state index is 0.163. The maximum atomic E-state index is 11.4. The molecule has 0 aliphatic heterocycles. The summed E-state index contributed by atoms with van der Waals surface area (Å²) in [4.78, 5) is 11.4. The van der Waals surface area contributed by atoms with E-state index in [1.54, 1.807) is 6.07 Å². The van der Waals surface area contributed by atoms with Crippen molar-refractivity contribution in [3.8, 4) is 0 Å². The Labute approximate surface area is 123 Å². The molecule has 4 heteroatoms. The van der Waals surface area contributed by atoms with Crippen molar-refractivity contribution in [2.45, 2.75) is 38.5 Å². The first-order valence-corrected chi connectivity index (χ1v) is 7.51. The topological polar surface area (TPSA) is 37.3 Å². The van der Waals surface area contributed by atoms with Gasteiger partial charge in [0.05, 0.1) is 16.0 Å². The predicted octanol–water partition coefficient (Wildman–Crippen LogP) is 4.82.